The Hall–Kier alpha value is -1.12. The van der Waals surface area contributed by atoms with E-state index in [4.69, 9.17) is 0 Å². The summed E-state index contributed by atoms with van der Waals surface area (Å²) in [6, 6.07) is 18.7. The van der Waals surface area contributed by atoms with Gasteiger partial charge in [-0.1, -0.05) is 0 Å². The summed E-state index contributed by atoms with van der Waals surface area (Å²) in [4.78, 5) is 0. The molecule has 159 valence electrons. The molecule has 2 aliphatic rings. The number of benzene rings is 2. The zero-order chi connectivity index (χ0) is 19.7. The Morgan fingerprint density at radius 1 is 0.700 bits per heavy atom. The third kappa shape index (κ3) is 4.55. The minimum atomic E-state index is -1.82. The molecule has 0 amide bonds. The largest absolute Gasteiger partial charge is 1.00 e. The fourth-order valence-corrected chi connectivity index (χ4v) is 28.3. The van der Waals surface area contributed by atoms with Gasteiger partial charge in [-0.15, -0.1) is 0 Å². The van der Waals surface area contributed by atoms with E-state index in [9.17, 15) is 0 Å². The molecule has 0 aromatic heterocycles. The van der Waals surface area contributed by atoms with E-state index in [-0.39, 0.29) is 9.41 Å². The fourth-order valence-electron chi connectivity index (χ4n) is 5.41. The molecule has 0 bridgehead atoms. The Bertz CT molecular complexity index is 847. The second-order valence-electron chi connectivity index (χ2n) is 8.72. The van der Waals surface area contributed by atoms with Gasteiger partial charge < -0.3 is 9.41 Å². The third-order valence-corrected chi connectivity index (χ3v) is 28.2. The maximum Gasteiger partial charge on any atom is -1.00 e. The number of hydrogen-bond donors (Lipinski definition) is 0. The first-order valence-corrected chi connectivity index (χ1v) is 21.1. The summed E-state index contributed by atoms with van der Waals surface area (Å²) in [6.45, 7) is 10.0. The van der Waals surface area contributed by atoms with Gasteiger partial charge in [0, 0.05) is 0 Å². The zero-order valence-corrected chi connectivity index (χ0v) is 22.2. The van der Waals surface area contributed by atoms with E-state index in [0.29, 0.717) is 0 Å². The Morgan fingerprint density at radius 2 is 1.10 bits per heavy atom. The molecule has 30 heavy (non-hydrogen) atoms. The van der Waals surface area contributed by atoms with Crippen molar-refractivity contribution < 1.29 is 30.3 Å². The van der Waals surface area contributed by atoms with Crippen LogP contribution in [0.5, 0.6) is 0 Å². The molecule has 2 aliphatic carbocycles. The number of halogens is 2. The van der Waals surface area contributed by atoms with Gasteiger partial charge in [0.25, 0.3) is 0 Å². The van der Waals surface area contributed by atoms with Crippen molar-refractivity contribution in [1.29, 1.82) is 0 Å². The maximum absolute atomic E-state index is 2.67. The maximum atomic E-state index is 2.67. The molecular formula is C26H33F2SiZr. The van der Waals surface area contributed by atoms with Crippen LogP contribution >= 0.6 is 0 Å². The Kier molecular flexibility index (Phi) is 9.18. The fraction of sp³-hybridized carbons (Fsp3) is 0.385. The molecule has 0 saturated carbocycles. The number of hydrogen-bond acceptors (Lipinski definition) is 0. The normalized spacial score (nSPS) is 18.7. The number of fused-ring (bicyclic) bond motifs is 2. The smallest absolute Gasteiger partial charge is 1.00 e. The van der Waals surface area contributed by atoms with Crippen molar-refractivity contribution in [2.75, 3.05) is 0 Å². The minimum absolute atomic E-state index is 0. The quantitative estimate of drug-likeness (QED) is 0.503. The summed E-state index contributed by atoms with van der Waals surface area (Å²) >= 11 is -1.82. The Labute approximate surface area is 189 Å². The summed E-state index contributed by atoms with van der Waals surface area (Å²) in [5.41, 5.74) is 9.97. The van der Waals surface area contributed by atoms with Crippen LogP contribution in [-0.4, -0.2) is 5.92 Å². The van der Waals surface area contributed by atoms with Gasteiger partial charge in [-0.3, -0.25) is 0 Å². The van der Waals surface area contributed by atoms with E-state index in [2.05, 4.69) is 87.6 Å². The molecule has 4 heteroatoms. The van der Waals surface area contributed by atoms with Crippen LogP contribution in [0, 0.1) is 0 Å². The second kappa shape index (κ2) is 11.0. The van der Waals surface area contributed by atoms with Crippen LogP contribution in [0.25, 0.3) is 12.2 Å². The molecule has 0 fully saturated rings. The van der Waals surface area contributed by atoms with Crippen LogP contribution < -0.4 is 9.41 Å². The van der Waals surface area contributed by atoms with E-state index >= 15 is 0 Å². The van der Waals surface area contributed by atoms with Crippen LogP contribution in [0.15, 0.2) is 59.7 Å². The summed E-state index contributed by atoms with van der Waals surface area (Å²) in [7, 11) is 0. The van der Waals surface area contributed by atoms with Crippen molar-refractivity contribution in [1.82, 2.24) is 0 Å². The van der Waals surface area contributed by atoms with Crippen molar-refractivity contribution in [3.05, 3.63) is 81.9 Å². The molecule has 0 nitrogen and oxygen atoms in total. The van der Waals surface area contributed by atoms with Gasteiger partial charge in [0.05, 0.1) is 0 Å². The van der Waals surface area contributed by atoms with Gasteiger partial charge in [0.2, 0.25) is 0 Å². The molecule has 0 N–H and O–H groups in total. The van der Waals surface area contributed by atoms with Gasteiger partial charge >= 0.3 is 181 Å². The molecule has 0 heterocycles. The first-order valence-electron chi connectivity index (χ1n) is 11.1. The molecule has 2 aromatic carbocycles. The van der Waals surface area contributed by atoms with Crippen molar-refractivity contribution in [2.45, 2.75) is 59.9 Å². The average molecular weight is 503 g/mol. The standard InChI is InChI=1S/2C12H13.C2H7Si.2FH.Zr/c2*1-2-5-10-8-11-6-3-4-7-12(11)9-10;1-3-2;;;/h2*3-4,6-9H,2,5H2,1H3;3H,1-2H3;2*1H;/q;;;;;+2/p-2. The molecule has 2 unspecified atom stereocenters. The molecule has 0 saturated heterocycles. The van der Waals surface area contributed by atoms with Crippen molar-refractivity contribution >= 4 is 18.1 Å². The summed E-state index contributed by atoms with van der Waals surface area (Å²) in [5.74, 6) is -0.721. The number of rotatable bonds is 7. The van der Waals surface area contributed by atoms with Gasteiger partial charge in [-0.25, -0.2) is 0 Å². The molecule has 0 aliphatic heterocycles. The molecule has 0 radical (unpaired) electrons. The van der Waals surface area contributed by atoms with Crippen LogP contribution in [0.1, 0.15) is 69.0 Å². The van der Waals surface area contributed by atoms with Crippen LogP contribution in [0.3, 0.4) is 0 Å². The predicted molar refractivity (Wildman–Crippen MR) is 123 cm³/mol. The van der Waals surface area contributed by atoms with E-state index in [1.807, 2.05) is 0 Å². The number of allylic oxidation sites excluding steroid dienone is 2. The van der Waals surface area contributed by atoms with Crippen LogP contribution in [0.2, 0.25) is 13.1 Å². The van der Waals surface area contributed by atoms with Crippen molar-refractivity contribution in [2.24, 2.45) is 0 Å². The second-order valence-corrected chi connectivity index (χ2v) is 28.8. The molecule has 2 aromatic rings. The van der Waals surface area contributed by atoms with E-state index in [0.717, 1.165) is 7.25 Å². The van der Waals surface area contributed by atoms with Gasteiger partial charge in [0.15, 0.2) is 0 Å². The Balaban J connectivity index is 0.00000160. The van der Waals surface area contributed by atoms with Crippen LogP contribution in [-0.2, 0) is 20.9 Å². The van der Waals surface area contributed by atoms with Gasteiger partial charge in [-0.05, 0) is 0 Å². The van der Waals surface area contributed by atoms with E-state index < -0.39 is 26.8 Å². The third-order valence-electron chi connectivity index (χ3n) is 6.45. The average Bonchev–Trinajstić information content (AvgIpc) is 3.22. The van der Waals surface area contributed by atoms with Gasteiger partial charge in [-0.2, -0.15) is 0 Å². The SMILES string of the molecule is CCCC1=Cc2ccccc2[CH]1[Zr+2]([CH]1C(CCC)=Cc2ccccc21)[SiH](C)C.[F-].[F-]. The van der Waals surface area contributed by atoms with Crippen LogP contribution in [0.4, 0.5) is 0 Å². The topological polar surface area (TPSA) is 0 Å². The Morgan fingerprint density at radius 3 is 1.47 bits per heavy atom. The summed E-state index contributed by atoms with van der Waals surface area (Å²) in [5, 5.41) is 0. The summed E-state index contributed by atoms with van der Waals surface area (Å²) in [6.07, 6.45) is 10.3. The molecular weight excluding hydrogens is 470 g/mol. The van der Waals surface area contributed by atoms with E-state index in [1.165, 1.54) is 36.8 Å². The molecule has 0 spiro atoms. The predicted octanol–water partition coefficient (Wildman–Crippen LogP) is 1.47. The molecule has 4 rings (SSSR count). The van der Waals surface area contributed by atoms with Gasteiger partial charge in [0.1, 0.15) is 0 Å². The van der Waals surface area contributed by atoms with Crippen molar-refractivity contribution in [3.8, 4) is 0 Å². The van der Waals surface area contributed by atoms with E-state index in [1.54, 1.807) is 22.3 Å². The minimum Gasteiger partial charge on any atom is -1.00 e. The van der Waals surface area contributed by atoms with Crippen molar-refractivity contribution in [3.63, 3.8) is 0 Å². The molecule has 2 atom stereocenters. The monoisotopic (exact) mass is 501 g/mol. The first-order chi connectivity index (χ1) is 13.7. The summed E-state index contributed by atoms with van der Waals surface area (Å²) < 4.78 is 1.61. The first kappa shape index (κ1) is 25.1. The zero-order valence-electron chi connectivity index (χ0n) is 18.6.